The summed E-state index contributed by atoms with van der Waals surface area (Å²) in [6.07, 6.45) is 4.62. The zero-order chi connectivity index (χ0) is 13.9. The smallest absolute Gasteiger partial charge is 0.305 e. The summed E-state index contributed by atoms with van der Waals surface area (Å²) in [4.78, 5) is 24.0. The molecule has 1 aliphatic carbocycles. The Hall–Kier alpha value is -1.36. The fourth-order valence-corrected chi connectivity index (χ4v) is 3.59. The molecule has 4 nitrogen and oxygen atoms in total. The molecule has 2 N–H and O–H groups in total. The molecule has 5 heteroatoms. The molecule has 19 heavy (non-hydrogen) atoms. The van der Waals surface area contributed by atoms with E-state index in [4.69, 9.17) is 5.11 Å². The number of hydrogen-bond acceptors (Lipinski definition) is 3. The van der Waals surface area contributed by atoms with Gasteiger partial charge in [-0.2, -0.15) is 0 Å². The minimum atomic E-state index is -0.842. The third kappa shape index (κ3) is 3.35. The van der Waals surface area contributed by atoms with Gasteiger partial charge in [-0.15, -0.1) is 11.3 Å². The maximum atomic E-state index is 12.3. The average Bonchev–Trinajstić information content (AvgIpc) is 2.75. The number of rotatable bonds is 4. The number of thiophene rings is 1. The van der Waals surface area contributed by atoms with E-state index in [9.17, 15) is 9.59 Å². The largest absolute Gasteiger partial charge is 0.481 e. The predicted molar refractivity (Wildman–Crippen MR) is 74.6 cm³/mol. The Labute approximate surface area is 116 Å². The number of carboxylic acids is 1. The average molecular weight is 281 g/mol. The number of carbonyl (C=O) groups is 2. The topological polar surface area (TPSA) is 66.4 Å². The second-order valence-corrected chi connectivity index (χ2v) is 6.21. The normalized spacial score (nSPS) is 17.9. The molecule has 0 bridgehead atoms. The van der Waals surface area contributed by atoms with E-state index in [2.05, 4.69) is 5.32 Å². The van der Waals surface area contributed by atoms with Crippen molar-refractivity contribution >= 4 is 23.2 Å². The highest BCUT2D eigenvalue weighted by Crippen LogP contribution is 2.32. The lowest BCUT2D eigenvalue weighted by Crippen LogP contribution is -2.51. The Morgan fingerprint density at radius 1 is 1.37 bits per heavy atom. The highest BCUT2D eigenvalue weighted by molar-refractivity contribution is 7.12. The van der Waals surface area contributed by atoms with E-state index < -0.39 is 11.5 Å². The van der Waals surface area contributed by atoms with Crippen LogP contribution in [-0.2, 0) is 4.79 Å². The molecule has 0 aliphatic heterocycles. The second-order valence-electron chi connectivity index (χ2n) is 5.30. The lowest BCUT2D eigenvalue weighted by molar-refractivity contribution is -0.139. The zero-order valence-electron chi connectivity index (χ0n) is 11.1. The summed E-state index contributed by atoms with van der Waals surface area (Å²) in [7, 11) is 0. The van der Waals surface area contributed by atoms with E-state index in [-0.39, 0.29) is 12.3 Å². The van der Waals surface area contributed by atoms with Crippen LogP contribution in [0.3, 0.4) is 0 Å². The Morgan fingerprint density at radius 3 is 2.58 bits per heavy atom. The van der Waals surface area contributed by atoms with Gasteiger partial charge in [-0.1, -0.05) is 19.3 Å². The van der Waals surface area contributed by atoms with Gasteiger partial charge in [-0.05, 0) is 36.8 Å². The molecule has 0 aromatic carbocycles. The van der Waals surface area contributed by atoms with Crippen LogP contribution in [0.25, 0.3) is 0 Å². The molecule has 1 saturated carbocycles. The van der Waals surface area contributed by atoms with Crippen molar-refractivity contribution in [3.05, 3.63) is 21.9 Å². The summed E-state index contributed by atoms with van der Waals surface area (Å²) in [5.74, 6) is -0.972. The van der Waals surface area contributed by atoms with Gasteiger partial charge in [-0.3, -0.25) is 9.59 Å². The quantitative estimate of drug-likeness (QED) is 0.891. The number of carbonyl (C=O) groups excluding carboxylic acids is 1. The zero-order valence-corrected chi connectivity index (χ0v) is 11.9. The monoisotopic (exact) mass is 281 g/mol. The van der Waals surface area contributed by atoms with Gasteiger partial charge in [0.2, 0.25) is 0 Å². The molecule has 1 aliphatic rings. The van der Waals surface area contributed by atoms with Crippen molar-refractivity contribution in [3.63, 3.8) is 0 Å². The van der Waals surface area contributed by atoms with Gasteiger partial charge in [0.1, 0.15) is 0 Å². The molecule has 0 atom stereocenters. The fraction of sp³-hybridized carbons (Fsp3) is 0.571. The van der Waals surface area contributed by atoms with Gasteiger partial charge in [0.15, 0.2) is 0 Å². The van der Waals surface area contributed by atoms with Crippen LogP contribution in [0.4, 0.5) is 0 Å². The van der Waals surface area contributed by atoms with Gasteiger partial charge >= 0.3 is 5.97 Å². The van der Waals surface area contributed by atoms with Crippen LogP contribution in [0.2, 0.25) is 0 Å². The molecular formula is C14H19NO3S. The minimum Gasteiger partial charge on any atom is -0.481 e. The van der Waals surface area contributed by atoms with Gasteiger partial charge in [0.25, 0.3) is 5.91 Å². The predicted octanol–water partition coefficient (Wildman–Crippen LogP) is 2.96. The van der Waals surface area contributed by atoms with Crippen LogP contribution in [-0.4, -0.2) is 22.5 Å². The maximum absolute atomic E-state index is 12.3. The van der Waals surface area contributed by atoms with Crippen LogP contribution < -0.4 is 5.32 Å². The maximum Gasteiger partial charge on any atom is 0.305 e. The van der Waals surface area contributed by atoms with Gasteiger partial charge in [0.05, 0.1) is 16.8 Å². The number of aliphatic carboxylic acids is 1. The number of hydrogen-bond donors (Lipinski definition) is 2. The Balaban J connectivity index is 2.14. The molecule has 1 heterocycles. The SMILES string of the molecule is Cc1ccsc1C(=O)NC1(CC(=O)O)CCCCC1. The lowest BCUT2D eigenvalue weighted by atomic mass is 9.79. The van der Waals surface area contributed by atoms with Crippen molar-refractivity contribution in [3.8, 4) is 0 Å². The van der Waals surface area contributed by atoms with Crippen LogP contribution in [0, 0.1) is 6.92 Å². The molecular weight excluding hydrogens is 262 g/mol. The van der Waals surface area contributed by atoms with E-state index in [1.54, 1.807) is 0 Å². The summed E-state index contributed by atoms with van der Waals surface area (Å²) in [5.41, 5.74) is 0.390. The summed E-state index contributed by atoms with van der Waals surface area (Å²) in [5, 5.41) is 14.0. The first-order valence-electron chi connectivity index (χ1n) is 6.61. The molecule has 1 aromatic heterocycles. The molecule has 1 fully saturated rings. The summed E-state index contributed by atoms with van der Waals surface area (Å²) < 4.78 is 0. The lowest BCUT2D eigenvalue weighted by Gasteiger charge is -2.36. The minimum absolute atomic E-state index is 0.0170. The first kappa shape index (κ1) is 14.1. The Bertz CT molecular complexity index is 475. The summed E-state index contributed by atoms with van der Waals surface area (Å²) >= 11 is 1.40. The fourth-order valence-electron chi connectivity index (χ4n) is 2.77. The first-order valence-corrected chi connectivity index (χ1v) is 7.49. The highest BCUT2D eigenvalue weighted by Gasteiger charge is 2.36. The first-order chi connectivity index (χ1) is 9.02. The van der Waals surface area contributed by atoms with Crippen molar-refractivity contribution in [2.75, 3.05) is 0 Å². The van der Waals surface area contributed by atoms with Crippen LogP contribution >= 0.6 is 11.3 Å². The van der Waals surface area contributed by atoms with E-state index >= 15 is 0 Å². The van der Waals surface area contributed by atoms with Crippen LogP contribution in [0.15, 0.2) is 11.4 Å². The molecule has 2 rings (SSSR count). The molecule has 0 saturated heterocycles. The van der Waals surface area contributed by atoms with E-state index in [1.807, 2.05) is 18.4 Å². The van der Waals surface area contributed by atoms with Crippen molar-refractivity contribution in [2.24, 2.45) is 0 Å². The van der Waals surface area contributed by atoms with E-state index in [1.165, 1.54) is 11.3 Å². The van der Waals surface area contributed by atoms with Crippen molar-refractivity contribution in [1.29, 1.82) is 0 Å². The number of nitrogens with one attached hydrogen (secondary N) is 1. The summed E-state index contributed by atoms with van der Waals surface area (Å²) in [6, 6.07) is 1.91. The van der Waals surface area contributed by atoms with Crippen LogP contribution in [0.1, 0.15) is 53.8 Å². The third-order valence-electron chi connectivity index (χ3n) is 3.75. The number of amides is 1. The van der Waals surface area contributed by atoms with Crippen molar-refractivity contribution < 1.29 is 14.7 Å². The molecule has 0 unspecified atom stereocenters. The van der Waals surface area contributed by atoms with Gasteiger partial charge in [0, 0.05) is 0 Å². The summed E-state index contributed by atoms with van der Waals surface area (Å²) in [6.45, 7) is 1.90. The standard InChI is InChI=1S/C14H19NO3S/c1-10-5-8-19-12(10)13(18)15-14(9-11(16)17)6-3-2-4-7-14/h5,8H,2-4,6-7,9H2,1H3,(H,15,18)(H,16,17). The van der Waals surface area contributed by atoms with Gasteiger partial charge in [-0.25, -0.2) is 0 Å². The second kappa shape index (κ2) is 5.74. The number of aryl methyl sites for hydroxylation is 1. The molecule has 1 amide bonds. The van der Waals surface area contributed by atoms with Crippen molar-refractivity contribution in [1.82, 2.24) is 5.32 Å². The van der Waals surface area contributed by atoms with E-state index in [0.717, 1.165) is 37.7 Å². The third-order valence-corrected chi connectivity index (χ3v) is 4.76. The Morgan fingerprint density at radius 2 is 2.05 bits per heavy atom. The molecule has 0 spiro atoms. The van der Waals surface area contributed by atoms with E-state index in [0.29, 0.717) is 4.88 Å². The van der Waals surface area contributed by atoms with Crippen LogP contribution in [0.5, 0.6) is 0 Å². The van der Waals surface area contributed by atoms with Crippen molar-refractivity contribution in [2.45, 2.75) is 51.0 Å². The molecule has 1 aromatic rings. The van der Waals surface area contributed by atoms with Gasteiger partial charge < -0.3 is 10.4 Å². The Kier molecular flexibility index (Phi) is 4.24. The molecule has 104 valence electrons. The number of carboxylic acid groups (broad SMARTS) is 1. The molecule has 0 radical (unpaired) electrons. The highest BCUT2D eigenvalue weighted by atomic mass is 32.1.